The molecule has 3 rings (SSSR count). The van der Waals surface area contributed by atoms with Crippen molar-refractivity contribution in [2.24, 2.45) is 0 Å². The Morgan fingerprint density at radius 2 is 1.88 bits per heavy atom. The Morgan fingerprint density at radius 1 is 1.15 bits per heavy atom. The van der Waals surface area contributed by atoms with Crippen molar-refractivity contribution in [1.82, 2.24) is 9.71 Å². The molecule has 1 heterocycles. The van der Waals surface area contributed by atoms with Crippen molar-refractivity contribution in [2.75, 3.05) is 0 Å². The Balaban J connectivity index is 1.85. The number of carbonyl (C=O) groups excluding carboxylic acids is 1. The fourth-order valence-electron chi connectivity index (χ4n) is 2.43. The third kappa shape index (κ3) is 4.09. The SMILES string of the molecule is Cc1cnc2c(S(=O)(=O)NC(=O)C=Cc3ccc(Cl)cc3)cccc2c1. The van der Waals surface area contributed by atoms with Gasteiger partial charge >= 0.3 is 0 Å². The van der Waals surface area contributed by atoms with Gasteiger partial charge in [0.25, 0.3) is 15.9 Å². The molecule has 0 bridgehead atoms. The van der Waals surface area contributed by atoms with Gasteiger partial charge < -0.3 is 0 Å². The van der Waals surface area contributed by atoms with Crippen molar-refractivity contribution in [1.29, 1.82) is 0 Å². The summed E-state index contributed by atoms with van der Waals surface area (Å²) in [4.78, 5) is 16.2. The van der Waals surface area contributed by atoms with Crippen molar-refractivity contribution in [3.63, 3.8) is 0 Å². The summed E-state index contributed by atoms with van der Waals surface area (Å²) >= 11 is 5.80. The second kappa shape index (κ2) is 7.27. The van der Waals surface area contributed by atoms with Crippen LogP contribution in [0.15, 0.2) is 65.7 Å². The number of aryl methyl sites for hydroxylation is 1. The Labute approximate surface area is 156 Å². The minimum Gasteiger partial charge on any atom is -0.269 e. The lowest BCUT2D eigenvalue weighted by Crippen LogP contribution is -2.29. The second-order valence-electron chi connectivity index (χ2n) is 5.70. The number of nitrogens with zero attached hydrogens (tertiary/aromatic N) is 1. The minimum absolute atomic E-state index is 0.0387. The van der Waals surface area contributed by atoms with Crippen LogP contribution in [0.4, 0.5) is 0 Å². The molecule has 0 fully saturated rings. The number of nitrogens with one attached hydrogen (secondary N) is 1. The first-order valence-electron chi connectivity index (χ1n) is 7.71. The molecule has 0 aliphatic carbocycles. The molecule has 5 nitrogen and oxygen atoms in total. The van der Waals surface area contributed by atoms with E-state index in [-0.39, 0.29) is 4.90 Å². The number of hydrogen-bond donors (Lipinski definition) is 1. The molecule has 0 aliphatic rings. The summed E-state index contributed by atoms with van der Waals surface area (Å²) < 4.78 is 27.2. The molecule has 132 valence electrons. The summed E-state index contributed by atoms with van der Waals surface area (Å²) in [6.07, 6.45) is 4.25. The molecule has 26 heavy (non-hydrogen) atoms. The van der Waals surface area contributed by atoms with Crippen molar-refractivity contribution in [2.45, 2.75) is 11.8 Å². The van der Waals surface area contributed by atoms with E-state index in [1.54, 1.807) is 42.6 Å². The maximum absolute atomic E-state index is 12.6. The minimum atomic E-state index is -4.04. The summed E-state index contributed by atoms with van der Waals surface area (Å²) in [5, 5.41) is 1.27. The number of pyridine rings is 1. The van der Waals surface area contributed by atoms with E-state index in [0.717, 1.165) is 17.2 Å². The first-order valence-corrected chi connectivity index (χ1v) is 9.57. The van der Waals surface area contributed by atoms with Gasteiger partial charge in [0.05, 0.1) is 5.52 Å². The van der Waals surface area contributed by atoms with Crippen molar-refractivity contribution in [3.8, 4) is 0 Å². The molecular weight excluding hydrogens is 372 g/mol. The third-order valence-corrected chi connectivity index (χ3v) is 5.26. The lowest BCUT2D eigenvalue weighted by molar-refractivity contribution is -0.114. The maximum atomic E-state index is 12.6. The number of aromatic nitrogens is 1. The van der Waals surface area contributed by atoms with E-state index in [4.69, 9.17) is 11.6 Å². The van der Waals surface area contributed by atoms with E-state index in [2.05, 4.69) is 4.98 Å². The Kier molecular flexibility index (Phi) is 5.06. The van der Waals surface area contributed by atoms with Crippen LogP contribution in [0.1, 0.15) is 11.1 Å². The zero-order chi connectivity index (χ0) is 18.7. The fraction of sp³-hybridized carbons (Fsp3) is 0.0526. The van der Waals surface area contributed by atoms with Crippen LogP contribution >= 0.6 is 11.6 Å². The van der Waals surface area contributed by atoms with E-state index < -0.39 is 15.9 Å². The van der Waals surface area contributed by atoms with Gasteiger partial charge in [0.2, 0.25) is 0 Å². The number of para-hydroxylation sites is 1. The summed E-state index contributed by atoms with van der Waals surface area (Å²) in [5.74, 6) is -0.746. The van der Waals surface area contributed by atoms with E-state index in [0.29, 0.717) is 15.9 Å². The summed E-state index contributed by atoms with van der Waals surface area (Å²) in [7, 11) is -4.04. The van der Waals surface area contributed by atoms with E-state index in [9.17, 15) is 13.2 Å². The normalized spacial score (nSPS) is 11.8. The summed E-state index contributed by atoms with van der Waals surface area (Å²) in [5.41, 5.74) is 1.96. The van der Waals surface area contributed by atoms with Crippen molar-refractivity contribution >= 4 is 44.5 Å². The predicted molar refractivity (Wildman–Crippen MR) is 102 cm³/mol. The van der Waals surface area contributed by atoms with Crippen LogP contribution in [0.5, 0.6) is 0 Å². The molecule has 0 atom stereocenters. The second-order valence-corrected chi connectivity index (χ2v) is 7.78. The quantitative estimate of drug-likeness (QED) is 0.693. The van der Waals surface area contributed by atoms with Gasteiger partial charge in [-0.2, -0.15) is 0 Å². The van der Waals surface area contributed by atoms with Crippen LogP contribution in [0.3, 0.4) is 0 Å². The summed E-state index contributed by atoms with van der Waals surface area (Å²) in [6.45, 7) is 1.87. The molecule has 0 aliphatic heterocycles. The number of fused-ring (bicyclic) bond motifs is 1. The number of benzene rings is 2. The Hall–Kier alpha value is -2.70. The van der Waals surface area contributed by atoms with E-state index in [1.807, 2.05) is 17.7 Å². The van der Waals surface area contributed by atoms with Gasteiger partial charge in [-0.1, -0.05) is 35.9 Å². The van der Waals surface area contributed by atoms with Crippen LogP contribution in [0.2, 0.25) is 5.02 Å². The average Bonchev–Trinajstić information content (AvgIpc) is 2.60. The molecule has 7 heteroatoms. The van der Waals surface area contributed by atoms with Gasteiger partial charge in [0.1, 0.15) is 4.90 Å². The standard InChI is InChI=1S/C19H15ClN2O3S/c1-13-11-15-3-2-4-17(19(15)21-12-13)26(24,25)22-18(23)10-7-14-5-8-16(20)9-6-14/h2-12H,1H3,(H,22,23). The lowest BCUT2D eigenvalue weighted by Gasteiger charge is -2.08. The van der Waals surface area contributed by atoms with E-state index in [1.165, 1.54) is 12.1 Å². The van der Waals surface area contributed by atoms with Crippen LogP contribution in [-0.4, -0.2) is 19.3 Å². The van der Waals surface area contributed by atoms with Gasteiger partial charge in [0.15, 0.2) is 0 Å². The summed E-state index contributed by atoms with van der Waals surface area (Å²) in [6, 6.07) is 13.4. The highest BCUT2D eigenvalue weighted by Crippen LogP contribution is 2.21. The van der Waals surface area contributed by atoms with Gasteiger partial charge in [-0.05, 0) is 48.4 Å². The van der Waals surface area contributed by atoms with Crippen molar-refractivity contribution in [3.05, 3.63) is 77.0 Å². The molecular formula is C19H15ClN2O3S. The van der Waals surface area contributed by atoms with Crippen LogP contribution < -0.4 is 4.72 Å². The molecule has 1 N–H and O–H groups in total. The van der Waals surface area contributed by atoms with Crippen LogP contribution in [0, 0.1) is 6.92 Å². The highest BCUT2D eigenvalue weighted by molar-refractivity contribution is 7.90. The van der Waals surface area contributed by atoms with Gasteiger partial charge in [-0.15, -0.1) is 0 Å². The van der Waals surface area contributed by atoms with Crippen LogP contribution in [0.25, 0.3) is 17.0 Å². The van der Waals surface area contributed by atoms with Crippen molar-refractivity contribution < 1.29 is 13.2 Å². The molecule has 0 saturated heterocycles. The molecule has 3 aromatic rings. The fourth-order valence-corrected chi connectivity index (χ4v) is 3.68. The monoisotopic (exact) mass is 386 g/mol. The highest BCUT2D eigenvalue weighted by Gasteiger charge is 2.20. The van der Waals surface area contributed by atoms with Gasteiger partial charge in [0, 0.05) is 22.7 Å². The number of amides is 1. The zero-order valence-electron chi connectivity index (χ0n) is 13.8. The Bertz CT molecular complexity index is 1110. The van der Waals surface area contributed by atoms with E-state index >= 15 is 0 Å². The van der Waals surface area contributed by atoms with Gasteiger partial charge in [-0.25, -0.2) is 13.1 Å². The van der Waals surface area contributed by atoms with Crippen LogP contribution in [-0.2, 0) is 14.8 Å². The van der Waals surface area contributed by atoms with Gasteiger partial charge in [-0.3, -0.25) is 9.78 Å². The average molecular weight is 387 g/mol. The molecule has 0 saturated carbocycles. The predicted octanol–water partition coefficient (Wildman–Crippen LogP) is 3.71. The Morgan fingerprint density at radius 3 is 2.62 bits per heavy atom. The molecule has 0 unspecified atom stereocenters. The first kappa shape index (κ1) is 18.1. The molecule has 1 aromatic heterocycles. The lowest BCUT2D eigenvalue weighted by atomic mass is 10.2. The third-order valence-electron chi connectivity index (χ3n) is 3.63. The molecule has 2 aromatic carbocycles. The topological polar surface area (TPSA) is 76.1 Å². The number of halogens is 1. The zero-order valence-corrected chi connectivity index (χ0v) is 15.4. The number of rotatable bonds is 4. The largest absolute Gasteiger partial charge is 0.269 e. The highest BCUT2D eigenvalue weighted by atomic mass is 35.5. The maximum Gasteiger partial charge on any atom is 0.266 e. The number of carbonyl (C=O) groups is 1. The first-order chi connectivity index (χ1) is 12.3. The molecule has 1 amide bonds. The number of sulfonamides is 1. The number of hydrogen-bond acceptors (Lipinski definition) is 4. The molecule has 0 spiro atoms. The molecule has 0 radical (unpaired) electrons. The smallest absolute Gasteiger partial charge is 0.266 e.